The van der Waals surface area contributed by atoms with Crippen LogP contribution in [-0.2, 0) is 15.8 Å². The zero-order valence-electron chi connectivity index (χ0n) is 10.9. The Hall–Kier alpha value is -1.70. The number of halogens is 3. The van der Waals surface area contributed by atoms with E-state index < -0.39 is 35.0 Å². The fraction of sp³-hybridized carbons (Fsp3) is 0.385. The van der Waals surface area contributed by atoms with Gasteiger partial charge in [-0.05, 0) is 17.7 Å². The molecule has 1 N–H and O–H groups in total. The fourth-order valence-corrected chi connectivity index (χ4v) is 3.65. The van der Waals surface area contributed by atoms with E-state index in [9.17, 15) is 22.8 Å². The van der Waals surface area contributed by atoms with Crippen LogP contribution in [0.4, 0.5) is 13.2 Å². The van der Waals surface area contributed by atoms with Gasteiger partial charge in [-0.25, -0.2) is 4.79 Å². The summed E-state index contributed by atoms with van der Waals surface area (Å²) in [5.41, 5.74) is -0.301. The zero-order chi connectivity index (χ0) is 15.8. The standard InChI is InChI=1S/C13H12F3NO3S/c1-7(18)17-10(12(19)20)6-21-11(17)8-2-4-9(5-3-8)13(14,15)16/h2-5,10-11H,6H2,1H3,(H,19,20)/t10-,11-/m1/s1. The lowest BCUT2D eigenvalue weighted by Gasteiger charge is -2.26. The lowest BCUT2D eigenvalue weighted by atomic mass is 10.1. The highest BCUT2D eigenvalue weighted by Crippen LogP contribution is 2.42. The Morgan fingerprint density at radius 2 is 1.86 bits per heavy atom. The molecule has 4 nitrogen and oxygen atoms in total. The van der Waals surface area contributed by atoms with E-state index in [0.29, 0.717) is 5.56 Å². The number of carboxylic acids is 1. The second kappa shape index (κ2) is 5.59. The molecule has 1 aromatic carbocycles. The summed E-state index contributed by atoms with van der Waals surface area (Å²) in [7, 11) is 0. The third-order valence-corrected chi connectivity index (χ3v) is 4.50. The summed E-state index contributed by atoms with van der Waals surface area (Å²) >= 11 is 1.22. The van der Waals surface area contributed by atoms with E-state index >= 15 is 0 Å². The lowest BCUT2D eigenvalue weighted by molar-refractivity contribution is -0.148. The van der Waals surface area contributed by atoms with Gasteiger partial charge in [0.25, 0.3) is 0 Å². The van der Waals surface area contributed by atoms with Gasteiger partial charge in [-0.3, -0.25) is 4.79 Å². The summed E-state index contributed by atoms with van der Waals surface area (Å²) in [5, 5.41) is 8.51. The van der Waals surface area contributed by atoms with Gasteiger partial charge in [-0.2, -0.15) is 13.2 Å². The first-order valence-corrected chi connectivity index (χ1v) is 7.07. The van der Waals surface area contributed by atoms with Crippen molar-refractivity contribution in [3.05, 3.63) is 35.4 Å². The van der Waals surface area contributed by atoms with Crippen molar-refractivity contribution in [3.63, 3.8) is 0 Å². The molecule has 0 unspecified atom stereocenters. The summed E-state index contributed by atoms with van der Waals surface area (Å²) in [5.74, 6) is -1.33. The predicted octanol–water partition coefficient (Wildman–Crippen LogP) is 2.75. The number of thioether (sulfide) groups is 1. The zero-order valence-corrected chi connectivity index (χ0v) is 11.7. The van der Waals surface area contributed by atoms with Crippen LogP contribution in [0.1, 0.15) is 23.4 Å². The number of carboxylic acid groups (broad SMARTS) is 1. The Morgan fingerprint density at radius 3 is 2.29 bits per heavy atom. The molecule has 2 atom stereocenters. The number of amides is 1. The number of hydrogen-bond acceptors (Lipinski definition) is 3. The molecular weight excluding hydrogens is 307 g/mol. The quantitative estimate of drug-likeness (QED) is 0.911. The molecule has 1 aromatic rings. The average Bonchev–Trinajstić information content (AvgIpc) is 2.82. The Kier molecular flexibility index (Phi) is 4.18. The number of aliphatic carboxylic acids is 1. The van der Waals surface area contributed by atoms with Crippen LogP contribution in [0.25, 0.3) is 0 Å². The van der Waals surface area contributed by atoms with Crippen molar-refractivity contribution in [2.45, 2.75) is 24.5 Å². The second-order valence-electron chi connectivity index (χ2n) is 4.59. The van der Waals surface area contributed by atoms with Gasteiger partial charge in [0.15, 0.2) is 0 Å². The molecule has 0 aromatic heterocycles. The molecule has 0 saturated carbocycles. The topological polar surface area (TPSA) is 57.6 Å². The van der Waals surface area contributed by atoms with Gasteiger partial charge in [0.1, 0.15) is 11.4 Å². The molecule has 1 heterocycles. The lowest BCUT2D eigenvalue weighted by Crippen LogP contribution is -2.41. The van der Waals surface area contributed by atoms with E-state index in [2.05, 4.69) is 0 Å². The van der Waals surface area contributed by atoms with Crippen LogP contribution in [0.15, 0.2) is 24.3 Å². The molecule has 1 saturated heterocycles. The number of carbonyl (C=O) groups is 2. The first-order valence-electron chi connectivity index (χ1n) is 6.02. The van der Waals surface area contributed by atoms with Gasteiger partial charge in [0.05, 0.1) is 5.56 Å². The van der Waals surface area contributed by atoms with Crippen LogP contribution >= 0.6 is 11.8 Å². The van der Waals surface area contributed by atoms with E-state index in [4.69, 9.17) is 5.11 Å². The van der Waals surface area contributed by atoms with E-state index in [-0.39, 0.29) is 5.75 Å². The van der Waals surface area contributed by atoms with Crippen LogP contribution in [-0.4, -0.2) is 33.7 Å². The highest BCUT2D eigenvalue weighted by Gasteiger charge is 2.41. The third-order valence-electron chi connectivity index (χ3n) is 3.17. The molecular formula is C13H12F3NO3S. The van der Waals surface area contributed by atoms with Crippen molar-refractivity contribution >= 4 is 23.6 Å². The third kappa shape index (κ3) is 3.15. The fourth-order valence-electron chi connectivity index (χ4n) is 2.17. The predicted molar refractivity (Wildman–Crippen MR) is 70.6 cm³/mol. The van der Waals surface area contributed by atoms with E-state index in [1.807, 2.05) is 0 Å². The van der Waals surface area contributed by atoms with Crippen molar-refractivity contribution < 1.29 is 27.9 Å². The number of benzene rings is 1. The molecule has 21 heavy (non-hydrogen) atoms. The number of carbonyl (C=O) groups excluding carboxylic acids is 1. The highest BCUT2D eigenvalue weighted by atomic mass is 32.2. The van der Waals surface area contributed by atoms with Crippen LogP contribution < -0.4 is 0 Å². The van der Waals surface area contributed by atoms with Crippen molar-refractivity contribution in [1.29, 1.82) is 0 Å². The smallest absolute Gasteiger partial charge is 0.416 e. The molecule has 114 valence electrons. The van der Waals surface area contributed by atoms with Gasteiger partial charge in [0, 0.05) is 12.7 Å². The van der Waals surface area contributed by atoms with Crippen LogP contribution in [0, 0.1) is 0 Å². The summed E-state index contributed by atoms with van der Waals surface area (Å²) in [4.78, 5) is 24.0. The Morgan fingerprint density at radius 1 is 1.29 bits per heavy atom. The summed E-state index contributed by atoms with van der Waals surface area (Å²) < 4.78 is 37.6. The SMILES string of the molecule is CC(=O)N1[C@@H](C(=O)O)CS[C@@H]1c1ccc(C(F)(F)F)cc1. The average molecular weight is 319 g/mol. The van der Waals surface area contributed by atoms with E-state index in [1.165, 1.54) is 35.7 Å². The summed E-state index contributed by atoms with van der Waals surface area (Å²) in [6.45, 7) is 1.25. The second-order valence-corrected chi connectivity index (χ2v) is 5.70. The molecule has 0 spiro atoms. The molecule has 0 radical (unpaired) electrons. The minimum atomic E-state index is -4.43. The number of alkyl halides is 3. The molecule has 1 fully saturated rings. The van der Waals surface area contributed by atoms with Gasteiger partial charge in [-0.15, -0.1) is 11.8 Å². The van der Waals surface area contributed by atoms with Gasteiger partial charge in [-0.1, -0.05) is 12.1 Å². The first-order chi connectivity index (χ1) is 9.71. The number of rotatable bonds is 2. The van der Waals surface area contributed by atoms with Crippen molar-refractivity contribution in [2.24, 2.45) is 0 Å². The normalized spacial score (nSPS) is 22.4. The van der Waals surface area contributed by atoms with Crippen LogP contribution in [0.3, 0.4) is 0 Å². The minimum absolute atomic E-state index is 0.209. The molecule has 1 amide bonds. The molecule has 1 aliphatic rings. The van der Waals surface area contributed by atoms with E-state index in [1.54, 1.807) is 0 Å². The van der Waals surface area contributed by atoms with Crippen LogP contribution in [0.5, 0.6) is 0 Å². The molecule has 0 aliphatic carbocycles. The van der Waals surface area contributed by atoms with Gasteiger partial charge in [0.2, 0.25) is 5.91 Å². The van der Waals surface area contributed by atoms with Crippen LogP contribution in [0.2, 0.25) is 0 Å². The monoisotopic (exact) mass is 319 g/mol. The summed E-state index contributed by atoms with van der Waals surface area (Å²) in [6.07, 6.45) is -4.43. The van der Waals surface area contributed by atoms with Crippen molar-refractivity contribution in [1.82, 2.24) is 4.90 Å². The highest BCUT2D eigenvalue weighted by molar-refractivity contribution is 7.99. The number of nitrogens with zero attached hydrogens (tertiary/aromatic N) is 1. The maximum atomic E-state index is 12.5. The Labute approximate surface area is 122 Å². The van der Waals surface area contributed by atoms with Gasteiger partial charge >= 0.3 is 12.1 Å². The Bertz CT molecular complexity index is 559. The molecule has 2 rings (SSSR count). The van der Waals surface area contributed by atoms with Crippen molar-refractivity contribution in [2.75, 3.05) is 5.75 Å². The maximum Gasteiger partial charge on any atom is 0.416 e. The Balaban J connectivity index is 2.29. The first kappa shape index (κ1) is 15.7. The van der Waals surface area contributed by atoms with Crippen molar-refractivity contribution in [3.8, 4) is 0 Å². The maximum absolute atomic E-state index is 12.5. The molecule has 8 heteroatoms. The largest absolute Gasteiger partial charge is 0.480 e. The molecule has 0 bridgehead atoms. The van der Waals surface area contributed by atoms with Gasteiger partial charge < -0.3 is 10.0 Å². The van der Waals surface area contributed by atoms with E-state index in [0.717, 1.165) is 12.1 Å². The number of hydrogen-bond donors (Lipinski definition) is 1. The summed E-state index contributed by atoms with van der Waals surface area (Å²) in [6, 6.07) is 3.46. The minimum Gasteiger partial charge on any atom is -0.480 e. The molecule has 1 aliphatic heterocycles.